The Labute approximate surface area is 190 Å². The molecule has 0 aliphatic rings. The average molecular weight is 430 g/mol. The van der Waals surface area contributed by atoms with Crippen molar-refractivity contribution in [3.05, 3.63) is 108 Å². The third-order valence-corrected chi connectivity index (χ3v) is 5.11. The third kappa shape index (κ3) is 4.27. The zero-order chi connectivity index (χ0) is 22.6. The smallest absolute Gasteiger partial charge is 0.255 e. The first-order valence-electron chi connectivity index (χ1n) is 10.3. The number of hydrogen-bond donors (Lipinski definition) is 2. The van der Waals surface area contributed by atoms with E-state index in [1.165, 1.54) is 0 Å². The summed E-state index contributed by atoms with van der Waals surface area (Å²) in [6.07, 6.45) is 1.86. The lowest BCUT2D eigenvalue weighted by Gasteiger charge is -2.07. The van der Waals surface area contributed by atoms with Crippen molar-refractivity contribution in [2.45, 2.75) is 0 Å². The van der Waals surface area contributed by atoms with Gasteiger partial charge in [-0.05, 0) is 54.1 Å². The Morgan fingerprint density at radius 1 is 0.879 bits per heavy atom. The summed E-state index contributed by atoms with van der Waals surface area (Å²) in [5.41, 5.74) is 4.91. The van der Waals surface area contributed by atoms with Gasteiger partial charge in [-0.25, -0.2) is 4.52 Å². The van der Waals surface area contributed by atoms with Crippen molar-refractivity contribution in [1.29, 1.82) is 5.26 Å². The summed E-state index contributed by atoms with van der Waals surface area (Å²) in [6.45, 7) is 0. The van der Waals surface area contributed by atoms with Gasteiger partial charge < -0.3 is 10.6 Å². The number of nitrogens with one attached hydrogen (secondary N) is 2. The molecule has 0 bridgehead atoms. The van der Waals surface area contributed by atoms with Crippen LogP contribution in [-0.4, -0.2) is 20.5 Å². The molecule has 5 aromatic rings. The molecule has 158 valence electrons. The van der Waals surface area contributed by atoms with Crippen LogP contribution in [0.1, 0.15) is 15.9 Å². The summed E-state index contributed by atoms with van der Waals surface area (Å²) in [6, 6.07) is 29.9. The van der Waals surface area contributed by atoms with Gasteiger partial charge in [-0.2, -0.15) is 10.2 Å². The van der Waals surface area contributed by atoms with Crippen LogP contribution in [0.5, 0.6) is 0 Å². The molecule has 0 fully saturated rings. The van der Waals surface area contributed by atoms with E-state index in [1.54, 1.807) is 22.7 Å². The van der Waals surface area contributed by atoms with Gasteiger partial charge >= 0.3 is 0 Å². The number of carbonyl (C=O) groups excluding carboxylic acids is 1. The second kappa shape index (κ2) is 8.65. The van der Waals surface area contributed by atoms with E-state index in [4.69, 9.17) is 0 Å². The number of hydrogen-bond acceptors (Lipinski definition) is 5. The molecule has 1 amide bonds. The normalized spacial score (nSPS) is 10.5. The van der Waals surface area contributed by atoms with Crippen LogP contribution >= 0.6 is 0 Å². The van der Waals surface area contributed by atoms with Gasteiger partial charge in [0.2, 0.25) is 5.95 Å². The number of nitriles is 1. The number of anilines is 3. The van der Waals surface area contributed by atoms with Gasteiger partial charge in [0, 0.05) is 23.0 Å². The number of carbonyl (C=O) groups is 1. The Bertz CT molecular complexity index is 1500. The van der Waals surface area contributed by atoms with Gasteiger partial charge in [-0.1, -0.05) is 42.5 Å². The van der Waals surface area contributed by atoms with Gasteiger partial charge in [0.05, 0.1) is 11.3 Å². The van der Waals surface area contributed by atoms with Crippen LogP contribution in [0.4, 0.5) is 17.3 Å². The van der Waals surface area contributed by atoms with Crippen molar-refractivity contribution < 1.29 is 4.79 Å². The second-order valence-electron chi connectivity index (χ2n) is 7.34. The Morgan fingerprint density at radius 3 is 2.55 bits per heavy atom. The Balaban J connectivity index is 1.41. The molecule has 2 aromatic heterocycles. The highest BCUT2D eigenvalue weighted by molar-refractivity contribution is 6.04. The number of benzene rings is 3. The summed E-state index contributed by atoms with van der Waals surface area (Å²) >= 11 is 0. The number of fused-ring (bicyclic) bond motifs is 1. The molecule has 5 rings (SSSR count). The fourth-order valence-electron chi connectivity index (χ4n) is 3.48. The van der Waals surface area contributed by atoms with E-state index in [0.717, 1.165) is 16.8 Å². The largest absolute Gasteiger partial charge is 0.322 e. The first-order chi connectivity index (χ1) is 16.2. The van der Waals surface area contributed by atoms with E-state index in [0.29, 0.717) is 28.4 Å². The molecular weight excluding hydrogens is 412 g/mol. The predicted octanol–water partition coefficient (Wildman–Crippen LogP) is 5.26. The van der Waals surface area contributed by atoms with Gasteiger partial charge in [0.15, 0.2) is 5.65 Å². The minimum atomic E-state index is -0.174. The molecule has 2 N–H and O–H groups in total. The lowest BCUT2D eigenvalue weighted by molar-refractivity contribution is 0.102. The highest BCUT2D eigenvalue weighted by Gasteiger charge is 2.10. The fraction of sp³-hybridized carbons (Fsp3) is 0. The van der Waals surface area contributed by atoms with Gasteiger partial charge in [-0.15, -0.1) is 5.10 Å². The Kier molecular flexibility index (Phi) is 5.23. The molecule has 7 nitrogen and oxygen atoms in total. The van der Waals surface area contributed by atoms with Crippen molar-refractivity contribution >= 4 is 28.9 Å². The van der Waals surface area contributed by atoms with Crippen molar-refractivity contribution in [3.63, 3.8) is 0 Å². The maximum atomic E-state index is 12.7. The van der Waals surface area contributed by atoms with Crippen molar-refractivity contribution in [2.24, 2.45) is 0 Å². The zero-order valence-electron chi connectivity index (χ0n) is 17.4. The van der Waals surface area contributed by atoms with Gasteiger partial charge in [0.1, 0.15) is 6.07 Å². The number of amides is 1. The summed E-state index contributed by atoms with van der Waals surface area (Å²) in [4.78, 5) is 17.1. The molecule has 0 unspecified atom stereocenters. The molecular formula is C26H18N6O. The molecule has 0 saturated heterocycles. The predicted molar refractivity (Wildman–Crippen MR) is 127 cm³/mol. The molecule has 7 heteroatoms. The number of para-hydroxylation sites is 2. The summed E-state index contributed by atoms with van der Waals surface area (Å²) in [5, 5.41) is 19.8. The minimum Gasteiger partial charge on any atom is -0.322 e. The molecule has 0 aliphatic carbocycles. The summed E-state index contributed by atoms with van der Waals surface area (Å²) in [7, 11) is 0. The maximum absolute atomic E-state index is 12.7. The molecule has 0 spiro atoms. The monoisotopic (exact) mass is 430 g/mol. The number of pyridine rings is 1. The third-order valence-electron chi connectivity index (χ3n) is 5.11. The van der Waals surface area contributed by atoms with Crippen LogP contribution in [0, 0.1) is 11.3 Å². The van der Waals surface area contributed by atoms with E-state index in [1.807, 2.05) is 79.0 Å². The number of rotatable bonds is 5. The van der Waals surface area contributed by atoms with E-state index in [2.05, 4.69) is 26.8 Å². The molecule has 2 heterocycles. The maximum Gasteiger partial charge on any atom is 0.255 e. The van der Waals surface area contributed by atoms with Crippen molar-refractivity contribution in [3.8, 4) is 17.2 Å². The second-order valence-corrected chi connectivity index (χ2v) is 7.34. The highest BCUT2D eigenvalue weighted by Crippen LogP contribution is 2.23. The summed E-state index contributed by atoms with van der Waals surface area (Å²) in [5.74, 6) is 0.221. The number of nitrogens with zero attached hydrogens (tertiary/aromatic N) is 4. The van der Waals surface area contributed by atoms with E-state index in [9.17, 15) is 10.1 Å². The van der Waals surface area contributed by atoms with Crippen LogP contribution in [-0.2, 0) is 0 Å². The SMILES string of the molecule is N#Cc1ccccc1Nc1nc2ccc(-c3cccc(C(=O)Nc4ccccc4)c3)cn2n1. The lowest BCUT2D eigenvalue weighted by Crippen LogP contribution is -2.11. The van der Waals surface area contributed by atoms with Gasteiger partial charge in [-0.3, -0.25) is 4.79 Å². The first kappa shape index (κ1) is 20.0. The number of aromatic nitrogens is 3. The lowest BCUT2D eigenvalue weighted by atomic mass is 10.0. The van der Waals surface area contributed by atoms with Crippen molar-refractivity contribution in [2.75, 3.05) is 10.6 Å². The molecule has 3 aromatic carbocycles. The topological polar surface area (TPSA) is 95.1 Å². The van der Waals surface area contributed by atoms with Crippen LogP contribution in [0.2, 0.25) is 0 Å². The molecule has 0 saturated carbocycles. The van der Waals surface area contributed by atoms with Crippen LogP contribution in [0.25, 0.3) is 16.8 Å². The minimum absolute atomic E-state index is 0.174. The standard InChI is InChI=1S/C26H18N6O/c27-16-20-7-4-5-12-23(20)29-26-30-24-14-13-21(17-32(24)31-26)18-8-6-9-19(15-18)25(33)28-22-10-2-1-3-11-22/h1-15,17H,(H,28,33)(H,29,31). The summed E-state index contributed by atoms with van der Waals surface area (Å²) < 4.78 is 1.67. The van der Waals surface area contributed by atoms with E-state index >= 15 is 0 Å². The van der Waals surface area contributed by atoms with Gasteiger partial charge in [0.25, 0.3) is 5.91 Å². The van der Waals surface area contributed by atoms with E-state index < -0.39 is 0 Å². The van der Waals surface area contributed by atoms with Crippen LogP contribution in [0.15, 0.2) is 97.2 Å². The Morgan fingerprint density at radius 2 is 1.70 bits per heavy atom. The van der Waals surface area contributed by atoms with Crippen LogP contribution in [0.3, 0.4) is 0 Å². The Hall–Kier alpha value is -4.96. The van der Waals surface area contributed by atoms with E-state index in [-0.39, 0.29) is 5.91 Å². The fourth-order valence-corrected chi connectivity index (χ4v) is 3.48. The average Bonchev–Trinajstić information content (AvgIpc) is 3.26. The first-order valence-corrected chi connectivity index (χ1v) is 10.3. The molecule has 33 heavy (non-hydrogen) atoms. The van der Waals surface area contributed by atoms with Crippen molar-refractivity contribution in [1.82, 2.24) is 14.6 Å². The van der Waals surface area contributed by atoms with Crippen LogP contribution < -0.4 is 10.6 Å². The highest BCUT2D eigenvalue weighted by atomic mass is 16.1. The quantitative estimate of drug-likeness (QED) is 0.396. The molecule has 0 atom stereocenters. The zero-order valence-corrected chi connectivity index (χ0v) is 17.4. The molecule has 0 aliphatic heterocycles. The molecule has 0 radical (unpaired) electrons.